The average molecular weight is 931 g/mol. The van der Waals surface area contributed by atoms with Crippen molar-refractivity contribution in [2.75, 3.05) is 0 Å². The van der Waals surface area contributed by atoms with Crippen LogP contribution in [0.5, 0.6) is 0 Å². The van der Waals surface area contributed by atoms with E-state index in [0.29, 0.717) is 0 Å². The number of pyridine rings is 1. The Balaban J connectivity index is 0.00000422. The molecule has 0 aliphatic rings. The summed E-state index contributed by atoms with van der Waals surface area (Å²) in [6.45, 7) is 4.37. The van der Waals surface area contributed by atoms with Gasteiger partial charge in [0.15, 0.2) is 17.4 Å². The van der Waals surface area contributed by atoms with Crippen molar-refractivity contribution in [3.05, 3.63) is 206 Å². The molecule has 3 heterocycles. The number of benzene rings is 7. The van der Waals surface area contributed by atoms with Gasteiger partial charge in [0.2, 0.25) is 0 Å². The Morgan fingerprint density at radius 1 is 0.561 bits per heavy atom. The number of fused-ring (bicyclic) bond motifs is 4. The van der Waals surface area contributed by atoms with Crippen molar-refractivity contribution in [3.8, 4) is 22.6 Å². The van der Waals surface area contributed by atoms with Crippen LogP contribution < -0.4 is 20.7 Å². The molecular formula is C51H39N4PtSi-. The van der Waals surface area contributed by atoms with E-state index < -0.39 is 8.07 Å². The van der Waals surface area contributed by atoms with Crippen LogP contribution in [0.3, 0.4) is 0 Å². The zero-order valence-corrected chi connectivity index (χ0v) is 35.2. The number of nitrogens with zero attached hydrogens (tertiary/aromatic N) is 4. The minimum absolute atomic E-state index is 0. The zero-order valence-electron chi connectivity index (χ0n) is 31.9. The van der Waals surface area contributed by atoms with Crippen LogP contribution in [0.4, 0.5) is 0 Å². The normalized spacial score (nSPS) is 11.6. The van der Waals surface area contributed by atoms with E-state index in [1.807, 2.05) is 6.20 Å². The van der Waals surface area contributed by atoms with Crippen molar-refractivity contribution >= 4 is 61.7 Å². The summed E-state index contributed by atoms with van der Waals surface area (Å²) < 4.78 is 6.75. The zero-order chi connectivity index (χ0) is 37.8. The average Bonchev–Trinajstić information content (AvgIpc) is 3.76. The number of aromatic nitrogens is 4. The third kappa shape index (κ3) is 5.92. The molecule has 0 atom stereocenters. The summed E-state index contributed by atoms with van der Waals surface area (Å²) in [5, 5.41) is 7.20. The van der Waals surface area contributed by atoms with Gasteiger partial charge in [-0.15, -0.1) is 22.7 Å². The number of para-hydroxylation sites is 3. The van der Waals surface area contributed by atoms with Gasteiger partial charge in [0.05, 0.1) is 0 Å². The van der Waals surface area contributed by atoms with Crippen molar-refractivity contribution in [1.29, 1.82) is 0 Å². The van der Waals surface area contributed by atoms with Gasteiger partial charge in [0, 0.05) is 57.6 Å². The van der Waals surface area contributed by atoms with E-state index in [9.17, 15) is 0 Å². The Labute approximate surface area is 348 Å². The second-order valence-electron chi connectivity index (χ2n) is 14.7. The van der Waals surface area contributed by atoms with Gasteiger partial charge in [0.25, 0.3) is 0 Å². The first-order valence-corrected chi connectivity index (χ1v) is 21.1. The number of aryl methyl sites for hydroxylation is 3. The molecular weight excluding hydrogens is 892 g/mol. The van der Waals surface area contributed by atoms with Gasteiger partial charge in [-0.05, 0) is 82.2 Å². The molecule has 10 rings (SSSR count). The molecule has 0 unspecified atom stereocenters. The maximum atomic E-state index is 5.05. The van der Waals surface area contributed by atoms with Crippen LogP contribution in [0.15, 0.2) is 182 Å². The van der Waals surface area contributed by atoms with Crippen LogP contribution in [-0.2, 0) is 28.1 Å². The number of rotatable bonds is 7. The van der Waals surface area contributed by atoms with Gasteiger partial charge in [-0.1, -0.05) is 103 Å². The number of hydrogen-bond acceptors (Lipinski definition) is 1. The first-order chi connectivity index (χ1) is 27.5. The summed E-state index contributed by atoms with van der Waals surface area (Å²) in [5.74, 6) is 0.873. The Kier molecular flexibility index (Phi) is 9.44. The second kappa shape index (κ2) is 14.7. The molecule has 278 valence electrons. The molecule has 10 aromatic rings. The summed E-state index contributed by atoms with van der Waals surface area (Å²) in [7, 11) is -0.956. The third-order valence-corrected chi connectivity index (χ3v) is 16.0. The molecule has 3 aromatic heterocycles. The molecule has 0 amide bonds. The van der Waals surface area contributed by atoms with Crippen LogP contribution in [0.1, 0.15) is 11.1 Å². The van der Waals surface area contributed by atoms with Crippen LogP contribution in [0, 0.1) is 26.0 Å². The van der Waals surface area contributed by atoms with Gasteiger partial charge in [-0.25, -0.2) is 14.1 Å². The predicted molar refractivity (Wildman–Crippen MR) is 235 cm³/mol. The first kappa shape index (κ1) is 36.5. The Morgan fingerprint density at radius 2 is 1.18 bits per heavy atom. The topological polar surface area (TPSA) is 27.7 Å². The van der Waals surface area contributed by atoms with Crippen molar-refractivity contribution in [1.82, 2.24) is 18.7 Å². The van der Waals surface area contributed by atoms with E-state index in [0.717, 1.165) is 44.2 Å². The maximum Gasteiger partial charge on any atom is 0.188 e. The van der Waals surface area contributed by atoms with Crippen molar-refractivity contribution in [2.45, 2.75) is 13.8 Å². The SMILES string of the molecule is Cc1cccc(C)c1-c1ccnc(-n2c3[c-]c([Si](c4[c-]c(-n5[cH+]n(C)c6ccccc65)ccc4)(c4ccccc4)c4ccccc4)ccc3c3ccccc32)c1.[Pt]. The Morgan fingerprint density at radius 3 is 1.89 bits per heavy atom. The van der Waals surface area contributed by atoms with Gasteiger partial charge < -0.3 is 4.57 Å². The van der Waals surface area contributed by atoms with E-state index in [2.05, 4.69) is 223 Å². The van der Waals surface area contributed by atoms with E-state index in [-0.39, 0.29) is 21.1 Å². The van der Waals surface area contributed by atoms with Crippen molar-refractivity contribution < 1.29 is 21.1 Å². The molecule has 0 N–H and O–H groups in total. The minimum Gasteiger partial charge on any atom is -0.319 e. The summed E-state index contributed by atoms with van der Waals surface area (Å²) in [6.07, 6.45) is 4.10. The third-order valence-electron chi connectivity index (χ3n) is 11.4. The fourth-order valence-corrected chi connectivity index (χ4v) is 13.5. The van der Waals surface area contributed by atoms with E-state index in [4.69, 9.17) is 4.98 Å². The van der Waals surface area contributed by atoms with Crippen LogP contribution >= 0.6 is 0 Å². The quantitative estimate of drug-likeness (QED) is 0.0892. The molecule has 0 fully saturated rings. The summed E-state index contributed by atoms with van der Waals surface area (Å²) in [6, 6.07) is 69.6. The molecule has 4 nitrogen and oxygen atoms in total. The Hall–Kier alpha value is -6.13. The molecule has 0 bridgehead atoms. The monoisotopic (exact) mass is 930 g/mol. The van der Waals surface area contributed by atoms with Crippen LogP contribution in [0.25, 0.3) is 55.5 Å². The van der Waals surface area contributed by atoms with E-state index >= 15 is 0 Å². The standard InChI is InChI=1S/C51H39N4Si.Pt/c1-36-16-14-17-37(2)51(36)38-30-31-52-50(32-38)55-46-25-11-10-24-44(46)45-29-28-43(34-49(45)55)56(40-19-6-4-7-20-40,41-21-8-5-9-22-41)42-23-15-18-39(33-42)54-35-53(3)47-26-12-13-27-48(47)54;/h4-32,35H,1-3H3;/q-1;. The minimum atomic E-state index is -3.06. The molecule has 0 saturated heterocycles. The van der Waals surface area contributed by atoms with Gasteiger partial charge in [-0.3, -0.25) is 0 Å². The smallest absolute Gasteiger partial charge is 0.188 e. The predicted octanol–water partition coefficient (Wildman–Crippen LogP) is 9.00. The Bertz CT molecular complexity index is 3020. The fourth-order valence-electron chi connectivity index (χ4n) is 8.90. The van der Waals surface area contributed by atoms with E-state index in [1.165, 1.54) is 43.2 Å². The molecule has 0 radical (unpaired) electrons. The molecule has 57 heavy (non-hydrogen) atoms. The summed E-state index contributed by atoms with van der Waals surface area (Å²) in [4.78, 5) is 5.05. The number of hydrogen-bond donors (Lipinski definition) is 0. The van der Waals surface area contributed by atoms with Crippen molar-refractivity contribution in [2.24, 2.45) is 7.05 Å². The van der Waals surface area contributed by atoms with Gasteiger partial charge >= 0.3 is 0 Å². The van der Waals surface area contributed by atoms with E-state index in [1.54, 1.807) is 0 Å². The maximum absolute atomic E-state index is 5.05. The largest absolute Gasteiger partial charge is 0.319 e. The number of imidazole rings is 1. The molecule has 7 aromatic carbocycles. The first-order valence-electron chi connectivity index (χ1n) is 19.1. The summed E-state index contributed by atoms with van der Waals surface area (Å²) in [5.41, 5.74) is 10.3. The molecule has 0 aliphatic heterocycles. The van der Waals surface area contributed by atoms with Crippen LogP contribution in [0.2, 0.25) is 0 Å². The fraction of sp³-hybridized carbons (Fsp3) is 0.0588. The summed E-state index contributed by atoms with van der Waals surface area (Å²) >= 11 is 0. The molecule has 0 spiro atoms. The second-order valence-corrected chi connectivity index (χ2v) is 18.4. The van der Waals surface area contributed by atoms with Gasteiger partial charge in [0.1, 0.15) is 13.9 Å². The molecule has 6 heteroatoms. The van der Waals surface area contributed by atoms with Gasteiger partial charge in [-0.2, -0.15) is 35.5 Å². The van der Waals surface area contributed by atoms with Crippen molar-refractivity contribution in [3.63, 3.8) is 0 Å². The molecule has 0 saturated carbocycles. The van der Waals surface area contributed by atoms with Crippen LogP contribution in [-0.4, -0.2) is 26.8 Å². The molecule has 0 aliphatic carbocycles.